The SMILES string of the molecule is C[C@H](Nc1cccc(OC[C@@H]2CCCO2)c1)C(=O)Nc1ccccc1. The molecule has 2 aromatic rings. The monoisotopic (exact) mass is 340 g/mol. The van der Waals surface area contributed by atoms with Crippen LogP contribution in [0.25, 0.3) is 0 Å². The van der Waals surface area contributed by atoms with E-state index in [1.54, 1.807) is 0 Å². The van der Waals surface area contributed by atoms with Crippen LogP contribution in [0.2, 0.25) is 0 Å². The van der Waals surface area contributed by atoms with Crippen LogP contribution in [0, 0.1) is 0 Å². The number of para-hydroxylation sites is 1. The van der Waals surface area contributed by atoms with Crippen molar-refractivity contribution in [1.82, 2.24) is 0 Å². The highest BCUT2D eigenvalue weighted by atomic mass is 16.5. The third-order valence-corrected chi connectivity index (χ3v) is 4.11. The molecule has 1 amide bonds. The molecule has 0 unspecified atom stereocenters. The van der Waals surface area contributed by atoms with E-state index in [2.05, 4.69) is 10.6 Å². The first-order chi connectivity index (χ1) is 12.2. The zero-order chi connectivity index (χ0) is 17.5. The summed E-state index contributed by atoms with van der Waals surface area (Å²) < 4.78 is 11.4. The first-order valence-electron chi connectivity index (χ1n) is 8.67. The minimum atomic E-state index is -0.367. The maximum Gasteiger partial charge on any atom is 0.246 e. The Morgan fingerprint density at radius 2 is 2.00 bits per heavy atom. The van der Waals surface area contributed by atoms with E-state index in [-0.39, 0.29) is 18.1 Å². The Morgan fingerprint density at radius 1 is 1.20 bits per heavy atom. The summed E-state index contributed by atoms with van der Waals surface area (Å²) in [6.07, 6.45) is 2.34. The minimum absolute atomic E-state index is 0.0862. The summed E-state index contributed by atoms with van der Waals surface area (Å²) in [5.74, 6) is 0.688. The van der Waals surface area contributed by atoms with Gasteiger partial charge in [-0.25, -0.2) is 0 Å². The molecule has 5 heteroatoms. The average Bonchev–Trinajstić information content (AvgIpc) is 3.15. The lowest BCUT2D eigenvalue weighted by Crippen LogP contribution is -2.31. The lowest BCUT2D eigenvalue weighted by atomic mass is 10.2. The van der Waals surface area contributed by atoms with Gasteiger partial charge >= 0.3 is 0 Å². The van der Waals surface area contributed by atoms with Gasteiger partial charge in [-0.15, -0.1) is 0 Å². The van der Waals surface area contributed by atoms with Gasteiger partial charge in [-0.3, -0.25) is 4.79 Å². The highest BCUT2D eigenvalue weighted by Crippen LogP contribution is 2.20. The maximum absolute atomic E-state index is 12.3. The molecule has 0 spiro atoms. The quantitative estimate of drug-likeness (QED) is 0.807. The van der Waals surface area contributed by atoms with Crippen LogP contribution in [0.5, 0.6) is 5.75 Å². The van der Waals surface area contributed by atoms with E-state index in [9.17, 15) is 4.79 Å². The second-order valence-electron chi connectivity index (χ2n) is 6.20. The van der Waals surface area contributed by atoms with E-state index in [0.29, 0.717) is 6.61 Å². The Hall–Kier alpha value is -2.53. The van der Waals surface area contributed by atoms with Gasteiger partial charge in [-0.2, -0.15) is 0 Å². The fraction of sp³-hybridized carbons (Fsp3) is 0.350. The van der Waals surface area contributed by atoms with Crippen molar-refractivity contribution in [1.29, 1.82) is 0 Å². The Morgan fingerprint density at radius 3 is 2.76 bits per heavy atom. The van der Waals surface area contributed by atoms with Gasteiger partial charge in [-0.1, -0.05) is 24.3 Å². The van der Waals surface area contributed by atoms with E-state index in [4.69, 9.17) is 9.47 Å². The number of hydrogen-bond donors (Lipinski definition) is 2. The lowest BCUT2D eigenvalue weighted by Gasteiger charge is -2.17. The van der Waals surface area contributed by atoms with Gasteiger partial charge in [0.15, 0.2) is 0 Å². The summed E-state index contributed by atoms with van der Waals surface area (Å²) in [7, 11) is 0. The molecule has 1 heterocycles. The molecule has 1 fully saturated rings. The molecule has 3 rings (SSSR count). The number of ether oxygens (including phenoxy) is 2. The number of benzene rings is 2. The second-order valence-corrected chi connectivity index (χ2v) is 6.20. The molecule has 1 saturated heterocycles. The number of amides is 1. The number of hydrogen-bond acceptors (Lipinski definition) is 4. The largest absolute Gasteiger partial charge is 0.491 e. The van der Waals surface area contributed by atoms with Crippen molar-refractivity contribution in [3.8, 4) is 5.75 Å². The second kappa shape index (κ2) is 8.53. The van der Waals surface area contributed by atoms with Gasteiger partial charge in [0, 0.05) is 24.0 Å². The van der Waals surface area contributed by atoms with Crippen LogP contribution in [0.15, 0.2) is 54.6 Å². The number of carbonyl (C=O) groups excluding carboxylic acids is 1. The third-order valence-electron chi connectivity index (χ3n) is 4.11. The number of carbonyl (C=O) groups is 1. The predicted molar refractivity (Wildman–Crippen MR) is 99.1 cm³/mol. The van der Waals surface area contributed by atoms with Gasteiger partial charge in [0.05, 0.1) is 6.10 Å². The molecule has 0 aromatic heterocycles. The lowest BCUT2D eigenvalue weighted by molar-refractivity contribution is -0.116. The van der Waals surface area contributed by atoms with Crippen LogP contribution in [-0.2, 0) is 9.53 Å². The molecule has 5 nitrogen and oxygen atoms in total. The third kappa shape index (κ3) is 5.22. The van der Waals surface area contributed by atoms with Crippen LogP contribution in [0.1, 0.15) is 19.8 Å². The van der Waals surface area contributed by atoms with Crippen LogP contribution in [0.3, 0.4) is 0 Å². The molecule has 2 atom stereocenters. The average molecular weight is 340 g/mol. The Bertz CT molecular complexity index is 684. The van der Waals surface area contributed by atoms with E-state index in [1.165, 1.54) is 0 Å². The summed E-state index contributed by atoms with van der Waals surface area (Å²) in [6, 6.07) is 16.7. The van der Waals surface area contributed by atoms with E-state index >= 15 is 0 Å². The first-order valence-corrected chi connectivity index (χ1v) is 8.67. The van der Waals surface area contributed by atoms with Gasteiger partial charge in [0.1, 0.15) is 18.4 Å². The summed E-state index contributed by atoms with van der Waals surface area (Å²) in [5, 5.41) is 6.10. The highest BCUT2D eigenvalue weighted by Gasteiger charge is 2.16. The topological polar surface area (TPSA) is 59.6 Å². The van der Waals surface area contributed by atoms with Crippen molar-refractivity contribution in [2.24, 2.45) is 0 Å². The van der Waals surface area contributed by atoms with Crippen LogP contribution in [-0.4, -0.2) is 31.3 Å². The Balaban J connectivity index is 1.52. The zero-order valence-electron chi connectivity index (χ0n) is 14.4. The maximum atomic E-state index is 12.3. The summed E-state index contributed by atoms with van der Waals surface area (Å²) in [4.78, 5) is 12.3. The molecule has 132 valence electrons. The van der Waals surface area contributed by atoms with Crippen LogP contribution >= 0.6 is 0 Å². The van der Waals surface area contributed by atoms with Crippen molar-refractivity contribution < 1.29 is 14.3 Å². The van der Waals surface area contributed by atoms with Crippen molar-refractivity contribution in [2.75, 3.05) is 23.8 Å². The molecule has 0 radical (unpaired) electrons. The number of anilines is 2. The molecule has 0 aliphatic carbocycles. The summed E-state index contributed by atoms with van der Waals surface area (Å²) in [5.41, 5.74) is 1.63. The fourth-order valence-electron chi connectivity index (χ4n) is 2.73. The summed E-state index contributed by atoms with van der Waals surface area (Å²) >= 11 is 0. The van der Waals surface area contributed by atoms with Crippen LogP contribution in [0.4, 0.5) is 11.4 Å². The number of rotatable bonds is 7. The Kier molecular flexibility index (Phi) is 5.90. The molecule has 0 saturated carbocycles. The van der Waals surface area contributed by atoms with E-state index in [0.717, 1.165) is 36.6 Å². The van der Waals surface area contributed by atoms with Crippen molar-refractivity contribution >= 4 is 17.3 Å². The molecule has 1 aliphatic rings. The van der Waals surface area contributed by atoms with E-state index < -0.39 is 0 Å². The molecular weight excluding hydrogens is 316 g/mol. The first kappa shape index (κ1) is 17.3. The van der Waals surface area contributed by atoms with Gasteiger partial charge < -0.3 is 20.1 Å². The van der Waals surface area contributed by atoms with Crippen molar-refractivity contribution in [3.63, 3.8) is 0 Å². The van der Waals surface area contributed by atoms with Gasteiger partial charge in [0.2, 0.25) is 5.91 Å². The minimum Gasteiger partial charge on any atom is -0.491 e. The molecule has 2 N–H and O–H groups in total. The molecule has 1 aliphatic heterocycles. The van der Waals surface area contributed by atoms with Gasteiger partial charge in [-0.05, 0) is 44.0 Å². The van der Waals surface area contributed by atoms with Gasteiger partial charge in [0.25, 0.3) is 0 Å². The molecule has 0 bridgehead atoms. The predicted octanol–water partition coefficient (Wildman–Crippen LogP) is 3.68. The van der Waals surface area contributed by atoms with Crippen molar-refractivity contribution in [2.45, 2.75) is 31.9 Å². The molecule has 25 heavy (non-hydrogen) atoms. The highest BCUT2D eigenvalue weighted by molar-refractivity contribution is 5.96. The fourth-order valence-corrected chi connectivity index (χ4v) is 2.73. The summed E-state index contributed by atoms with van der Waals surface area (Å²) in [6.45, 7) is 3.22. The van der Waals surface area contributed by atoms with Crippen LogP contribution < -0.4 is 15.4 Å². The smallest absolute Gasteiger partial charge is 0.246 e. The molecular formula is C20H24N2O3. The zero-order valence-corrected chi connectivity index (χ0v) is 14.4. The van der Waals surface area contributed by atoms with E-state index in [1.807, 2.05) is 61.5 Å². The normalized spacial score (nSPS) is 17.7. The standard InChI is InChI=1S/C20H24N2O3/c1-15(20(23)22-16-7-3-2-4-8-16)21-17-9-5-10-18(13-17)25-14-19-11-6-12-24-19/h2-5,7-10,13,15,19,21H,6,11-12,14H2,1H3,(H,22,23)/t15-,19-/m0/s1. The Labute approximate surface area is 148 Å². The number of nitrogens with one attached hydrogen (secondary N) is 2. The molecule has 2 aromatic carbocycles. The van der Waals surface area contributed by atoms with Crippen molar-refractivity contribution in [3.05, 3.63) is 54.6 Å².